The predicted molar refractivity (Wildman–Crippen MR) is 108 cm³/mol. The molecule has 0 heterocycles. The average Bonchev–Trinajstić information content (AvgIpc) is 2.76. The molecule has 3 aromatic carbocycles. The van der Waals surface area contributed by atoms with Gasteiger partial charge in [-0.2, -0.15) is 0 Å². The first-order chi connectivity index (χ1) is 14.4. The molecule has 0 atom stereocenters. The van der Waals surface area contributed by atoms with Gasteiger partial charge in [-0.15, -0.1) is 0 Å². The second kappa shape index (κ2) is 9.04. The van der Waals surface area contributed by atoms with Crippen LogP contribution in [-0.4, -0.2) is 26.2 Å². The third kappa shape index (κ3) is 4.54. The van der Waals surface area contributed by atoms with Crippen molar-refractivity contribution >= 4 is 34.7 Å². The number of hydrogen-bond donors (Lipinski definition) is 2. The number of methoxy groups -OCH3 is 2. The topological polar surface area (TPSA) is 76.7 Å². The molecule has 6 nitrogen and oxygen atoms in total. The number of ether oxygens (including phenoxy) is 2. The molecular formula is C22H18F2N2O4. The fourth-order valence-electron chi connectivity index (χ4n) is 2.80. The highest BCUT2D eigenvalue weighted by Gasteiger charge is 2.25. The van der Waals surface area contributed by atoms with Crippen LogP contribution in [0.1, 0.15) is 20.7 Å². The van der Waals surface area contributed by atoms with Gasteiger partial charge in [0, 0.05) is 11.4 Å². The summed E-state index contributed by atoms with van der Waals surface area (Å²) in [7, 11) is 2.38. The quantitative estimate of drug-likeness (QED) is 0.554. The molecule has 0 amide bonds. The first-order valence-corrected chi connectivity index (χ1v) is 8.81. The highest BCUT2D eigenvalue weighted by molar-refractivity contribution is 6.10. The van der Waals surface area contributed by atoms with Crippen molar-refractivity contribution in [3.05, 3.63) is 83.4 Å². The molecule has 30 heavy (non-hydrogen) atoms. The van der Waals surface area contributed by atoms with Gasteiger partial charge >= 0.3 is 11.9 Å². The third-order valence-corrected chi connectivity index (χ3v) is 4.24. The maximum Gasteiger partial charge on any atom is 0.340 e. The van der Waals surface area contributed by atoms with Crippen LogP contribution in [0.4, 0.5) is 31.5 Å². The van der Waals surface area contributed by atoms with Gasteiger partial charge in [0.2, 0.25) is 0 Å². The smallest absolute Gasteiger partial charge is 0.340 e. The first kappa shape index (κ1) is 20.8. The minimum absolute atomic E-state index is 0.0152. The number of carbonyl (C=O) groups is 2. The van der Waals surface area contributed by atoms with Crippen molar-refractivity contribution in [2.75, 3.05) is 24.9 Å². The molecule has 0 saturated carbocycles. The Hall–Kier alpha value is -3.94. The van der Waals surface area contributed by atoms with Crippen molar-refractivity contribution < 1.29 is 27.8 Å². The van der Waals surface area contributed by atoms with Gasteiger partial charge in [0.05, 0.1) is 36.7 Å². The molecule has 0 aliphatic heterocycles. The Morgan fingerprint density at radius 3 is 1.70 bits per heavy atom. The third-order valence-electron chi connectivity index (χ3n) is 4.24. The summed E-state index contributed by atoms with van der Waals surface area (Å²) in [5.74, 6) is -2.34. The Morgan fingerprint density at radius 2 is 1.20 bits per heavy atom. The molecule has 3 rings (SSSR count). The molecule has 0 unspecified atom stereocenters. The molecule has 0 spiro atoms. The maximum atomic E-state index is 13.3. The molecule has 0 bridgehead atoms. The molecule has 0 aliphatic carbocycles. The average molecular weight is 412 g/mol. The second-order valence-corrected chi connectivity index (χ2v) is 6.16. The summed E-state index contributed by atoms with van der Waals surface area (Å²) < 4.78 is 36.2. The Kier molecular flexibility index (Phi) is 6.26. The normalized spacial score (nSPS) is 10.3. The highest BCUT2D eigenvalue weighted by Crippen LogP contribution is 2.35. The Morgan fingerprint density at radius 1 is 0.700 bits per heavy atom. The standard InChI is InChI=1S/C22H18F2N2O4/c1-29-21(27)17-11-12-18(25-15-7-3-13(23)4-8-15)20(19(17)22(28)30-2)26-16-9-5-14(24)6-10-16/h3-12,25-26H,1-2H3. The predicted octanol–water partition coefficient (Wildman–Crippen LogP) is 5.03. The molecule has 0 aromatic heterocycles. The van der Waals surface area contributed by atoms with Gasteiger partial charge in [0.15, 0.2) is 0 Å². The van der Waals surface area contributed by atoms with Crippen LogP contribution in [0.3, 0.4) is 0 Å². The van der Waals surface area contributed by atoms with E-state index in [0.717, 1.165) is 0 Å². The summed E-state index contributed by atoms with van der Waals surface area (Å²) in [4.78, 5) is 24.8. The lowest BCUT2D eigenvalue weighted by Crippen LogP contribution is -2.15. The van der Waals surface area contributed by atoms with Crippen LogP contribution >= 0.6 is 0 Å². The van der Waals surface area contributed by atoms with Crippen molar-refractivity contribution in [1.29, 1.82) is 0 Å². The van der Waals surface area contributed by atoms with Gasteiger partial charge in [0.25, 0.3) is 0 Å². The molecule has 0 radical (unpaired) electrons. The van der Waals surface area contributed by atoms with Gasteiger partial charge in [0.1, 0.15) is 11.6 Å². The fraction of sp³-hybridized carbons (Fsp3) is 0.0909. The summed E-state index contributed by atoms with van der Waals surface area (Å²) in [6.45, 7) is 0. The molecule has 8 heteroatoms. The van der Waals surface area contributed by atoms with E-state index in [1.54, 1.807) is 6.07 Å². The molecule has 0 fully saturated rings. The maximum absolute atomic E-state index is 13.3. The van der Waals surface area contributed by atoms with Crippen LogP contribution in [0, 0.1) is 11.6 Å². The zero-order valence-corrected chi connectivity index (χ0v) is 16.2. The molecule has 0 aliphatic rings. The Labute approximate surface area is 171 Å². The van der Waals surface area contributed by atoms with Crippen LogP contribution < -0.4 is 10.6 Å². The fourth-order valence-corrected chi connectivity index (χ4v) is 2.80. The summed E-state index contributed by atoms with van der Waals surface area (Å²) in [5.41, 5.74) is 1.53. The number of carbonyl (C=O) groups excluding carboxylic acids is 2. The molecule has 154 valence electrons. The van der Waals surface area contributed by atoms with Crippen LogP contribution in [0.15, 0.2) is 60.7 Å². The van der Waals surface area contributed by atoms with Crippen molar-refractivity contribution in [3.8, 4) is 0 Å². The van der Waals surface area contributed by atoms with E-state index in [2.05, 4.69) is 10.6 Å². The van der Waals surface area contributed by atoms with Crippen molar-refractivity contribution in [3.63, 3.8) is 0 Å². The van der Waals surface area contributed by atoms with Crippen LogP contribution in [0.5, 0.6) is 0 Å². The van der Waals surface area contributed by atoms with Crippen molar-refractivity contribution in [2.24, 2.45) is 0 Å². The summed E-state index contributed by atoms with van der Waals surface area (Å²) in [5, 5.41) is 6.09. The van der Waals surface area contributed by atoms with Gasteiger partial charge in [-0.05, 0) is 60.7 Å². The monoisotopic (exact) mass is 412 g/mol. The van der Waals surface area contributed by atoms with Crippen LogP contribution in [0.2, 0.25) is 0 Å². The van der Waals surface area contributed by atoms with E-state index in [1.807, 2.05) is 0 Å². The lowest BCUT2D eigenvalue weighted by molar-refractivity contribution is 0.0556. The zero-order valence-electron chi connectivity index (χ0n) is 16.2. The zero-order chi connectivity index (χ0) is 21.7. The lowest BCUT2D eigenvalue weighted by Gasteiger charge is -2.19. The lowest BCUT2D eigenvalue weighted by atomic mass is 10.0. The Bertz CT molecular complexity index is 1070. The minimum atomic E-state index is -0.775. The summed E-state index contributed by atoms with van der Waals surface area (Å²) >= 11 is 0. The largest absolute Gasteiger partial charge is 0.465 e. The van der Waals surface area contributed by atoms with Gasteiger partial charge in [-0.25, -0.2) is 18.4 Å². The Balaban J connectivity index is 2.16. The van der Waals surface area contributed by atoms with E-state index >= 15 is 0 Å². The van der Waals surface area contributed by atoms with Crippen LogP contribution in [0.25, 0.3) is 0 Å². The number of anilines is 4. The second-order valence-electron chi connectivity index (χ2n) is 6.16. The van der Waals surface area contributed by atoms with E-state index < -0.39 is 23.6 Å². The van der Waals surface area contributed by atoms with Gasteiger partial charge < -0.3 is 20.1 Å². The van der Waals surface area contributed by atoms with E-state index in [-0.39, 0.29) is 16.8 Å². The van der Waals surface area contributed by atoms with E-state index in [4.69, 9.17) is 9.47 Å². The number of rotatable bonds is 6. The van der Waals surface area contributed by atoms with Gasteiger partial charge in [-0.3, -0.25) is 0 Å². The molecule has 0 saturated heterocycles. The number of nitrogens with one attached hydrogen (secondary N) is 2. The van der Waals surface area contributed by atoms with Gasteiger partial charge in [-0.1, -0.05) is 0 Å². The SMILES string of the molecule is COC(=O)c1ccc(Nc2ccc(F)cc2)c(Nc2ccc(F)cc2)c1C(=O)OC. The molecular weight excluding hydrogens is 394 g/mol. The van der Waals surface area contributed by atoms with Crippen molar-refractivity contribution in [2.45, 2.75) is 0 Å². The molecule has 2 N–H and O–H groups in total. The number of hydrogen-bond acceptors (Lipinski definition) is 6. The summed E-state index contributed by atoms with van der Waals surface area (Å²) in [6.07, 6.45) is 0. The summed E-state index contributed by atoms with van der Waals surface area (Å²) in [6, 6.07) is 14.0. The van der Waals surface area contributed by atoms with Crippen LogP contribution in [-0.2, 0) is 9.47 Å². The highest BCUT2D eigenvalue weighted by atomic mass is 19.1. The first-order valence-electron chi connectivity index (χ1n) is 8.81. The number of halogens is 2. The van der Waals surface area contributed by atoms with E-state index in [0.29, 0.717) is 17.1 Å². The number of esters is 2. The van der Waals surface area contributed by atoms with E-state index in [9.17, 15) is 18.4 Å². The van der Waals surface area contributed by atoms with Crippen molar-refractivity contribution in [1.82, 2.24) is 0 Å². The number of benzene rings is 3. The minimum Gasteiger partial charge on any atom is -0.465 e. The molecule has 3 aromatic rings. The van der Waals surface area contributed by atoms with E-state index in [1.165, 1.54) is 68.8 Å².